The van der Waals surface area contributed by atoms with E-state index in [1.165, 1.54) is 6.07 Å². The summed E-state index contributed by atoms with van der Waals surface area (Å²) in [5.74, 6) is 0. The Balaban J connectivity index is 0.00000144. The number of benzene rings is 1. The predicted molar refractivity (Wildman–Crippen MR) is 62.2 cm³/mol. The van der Waals surface area contributed by atoms with Gasteiger partial charge in [0, 0.05) is 0 Å². The van der Waals surface area contributed by atoms with E-state index >= 15 is 0 Å². The second-order valence-corrected chi connectivity index (χ2v) is 4.51. The van der Waals surface area contributed by atoms with Crippen LogP contribution in [0.4, 0.5) is 0 Å². The van der Waals surface area contributed by atoms with E-state index in [1.807, 2.05) is 0 Å². The minimum atomic E-state index is -4.33. The van der Waals surface area contributed by atoms with Crippen LogP contribution in [0.2, 0.25) is 0 Å². The van der Waals surface area contributed by atoms with Gasteiger partial charge < -0.3 is 9.97 Å². The zero-order valence-corrected chi connectivity index (χ0v) is 8.54. The molecule has 0 radical (unpaired) electrons. The van der Waals surface area contributed by atoms with E-state index in [2.05, 4.69) is 9.97 Å². The molecule has 2 rings (SSSR count). The fourth-order valence-electron chi connectivity index (χ4n) is 1.25. The van der Waals surface area contributed by atoms with Gasteiger partial charge in [0.25, 0.3) is 10.1 Å². The number of aromatic amines is 2. The Bertz CT molecular complexity index is 776. The van der Waals surface area contributed by atoms with E-state index in [-0.39, 0.29) is 67.3 Å². The first-order chi connectivity index (χ1) is 7.38. The number of hydrogen-bond acceptors (Lipinski definition) is 4. The average molecular weight is 282 g/mol. The first-order valence-corrected chi connectivity index (χ1v) is 5.56. The Morgan fingerprint density at radius 2 is 1.53 bits per heavy atom. The molecule has 0 atom stereocenters. The van der Waals surface area contributed by atoms with Crippen LogP contribution < -0.4 is 11.1 Å². The molecule has 17 heavy (non-hydrogen) atoms. The number of aromatic nitrogens is 2. The van der Waals surface area contributed by atoms with Gasteiger partial charge in [0.2, 0.25) is 0 Å². The van der Waals surface area contributed by atoms with Gasteiger partial charge in [-0.15, -0.1) is 0 Å². The molecule has 0 spiro atoms. The number of nitrogens with one attached hydrogen (secondary N) is 2. The van der Waals surface area contributed by atoms with E-state index < -0.39 is 21.2 Å². The van der Waals surface area contributed by atoms with Crippen LogP contribution in [0.1, 0.15) is 0 Å². The van der Waals surface area contributed by atoms with Crippen molar-refractivity contribution < 1.29 is 13.0 Å². The molecule has 0 amide bonds. The van der Waals surface area contributed by atoms with Crippen LogP contribution in [0, 0.1) is 0 Å². The third-order valence-electron chi connectivity index (χ3n) is 1.99. The van der Waals surface area contributed by atoms with Crippen LogP contribution in [0.15, 0.2) is 32.7 Å². The Morgan fingerprint density at radius 3 is 2.06 bits per heavy atom. The van der Waals surface area contributed by atoms with E-state index in [1.54, 1.807) is 0 Å². The molecule has 1 aromatic heterocycles. The Morgan fingerprint density at radius 1 is 1.00 bits per heavy atom. The molecule has 1 heterocycles. The fraction of sp³-hybridized carbons (Fsp3) is 0. The summed E-state index contributed by atoms with van der Waals surface area (Å²) in [6.07, 6.45) is 0. The van der Waals surface area contributed by atoms with Crippen molar-refractivity contribution in [3.63, 3.8) is 0 Å². The van der Waals surface area contributed by atoms with Crippen LogP contribution in [0.3, 0.4) is 0 Å². The molecule has 9 heteroatoms. The van der Waals surface area contributed by atoms with Gasteiger partial charge in [0.15, 0.2) is 0 Å². The average Bonchev–Trinajstić information content (AvgIpc) is 2.17. The Kier molecular flexibility index (Phi) is 4.47. The first-order valence-electron chi connectivity index (χ1n) is 4.12. The molecule has 0 bridgehead atoms. The molecule has 7 nitrogen and oxygen atoms in total. The minimum absolute atomic E-state index is 0. The standard InChI is InChI=1S/C8H6N2O5S.K.H/c11-7-8(12)10-6-3-4(16(13,14)15)1-2-5(6)9-7;;/h1-3H,(H,9,11)(H,10,12)(H,13,14,15);;. The molecule has 1 aromatic carbocycles. The van der Waals surface area contributed by atoms with Gasteiger partial charge in [-0.2, -0.15) is 8.42 Å². The molecule has 0 fully saturated rings. The van der Waals surface area contributed by atoms with Crippen molar-refractivity contribution in [3.8, 4) is 0 Å². The third kappa shape index (κ3) is 3.13. The Labute approximate surface area is 137 Å². The van der Waals surface area contributed by atoms with Gasteiger partial charge in [0.05, 0.1) is 15.9 Å². The molecule has 0 aliphatic carbocycles. The van der Waals surface area contributed by atoms with Crippen LogP contribution in [-0.2, 0) is 10.1 Å². The molecule has 0 aliphatic heterocycles. The first kappa shape index (κ1) is 14.8. The third-order valence-corrected chi connectivity index (χ3v) is 2.84. The van der Waals surface area contributed by atoms with Crippen molar-refractivity contribution >= 4 is 72.5 Å². The van der Waals surface area contributed by atoms with Gasteiger partial charge in [-0.05, 0) is 18.2 Å². The summed E-state index contributed by atoms with van der Waals surface area (Å²) in [5.41, 5.74) is -1.32. The van der Waals surface area contributed by atoms with Gasteiger partial charge in [0.1, 0.15) is 0 Å². The monoisotopic (exact) mass is 282 g/mol. The van der Waals surface area contributed by atoms with Crippen molar-refractivity contribution in [1.29, 1.82) is 0 Å². The summed E-state index contributed by atoms with van der Waals surface area (Å²) in [6.45, 7) is 0. The topological polar surface area (TPSA) is 120 Å². The molecule has 0 unspecified atom stereocenters. The zero-order chi connectivity index (χ0) is 11.9. The van der Waals surface area contributed by atoms with Crippen LogP contribution >= 0.6 is 0 Å². The zero-order valence-electron chi connectivity index (χ0n) is 7.72. The number of H-pyrrole nitrogens is 2. The van der Waals surface area contributed by atoms with E-state index in [0.29, 0.717) is 0 Å². The molecule has 86 valence electrons. The number of rotatable bonds is 1. The van der Waals surface area contributed by atoms with E-state index in [4.69, 9.17) is 4.55 Å². The Hall–Kier alpha value is -0.294. The molecule has 0 aliphatic rings. The summed E-state index contributed by atoms with van der Waals surface area (Å²) in [6, 6.07) is 3.45. The van der Waals surface area contributed by atoms with Crippen molar-refractivity contribution in [3.05, 3.63) is 38.9 Å². The second kappa shape index (κ2) is 5.14. The van der Waals surface area contributed by atoms with E-state index in [9.17, 15) is 18.0 Å². The summed E-state index contributed by atoms with van der Waals surface area (Å²) < 4.78 is 30.4. The number of hydrogen-bond donors (Lipinski definition) is 3. The summed E-state index contributed by atoms with van der Waals surface area (Å²) >= 11 is 0. The summed E-state index contributed by atoms with van der Waals surface area (Å²) in [4.78, 5) is 26.0. The predicted octanol–water partition coefficient (Wildman–Crippen LogP) is -1.19. The molecule has 2 aromatic rings. The SMILES string of the molecule is O=c1[nH]c2ccc(S(=O)(=O)O)cc2[nH]c1=O.[KH]. The maximum absolute atomic E-state index is 11.0. The quantitative estimate of drug-likeness (QED) is 0.345. The second-order valence-electron chi connectivity index (χ2n) is 3.09. The van der Waals surface area contributed by atoms with Gasteiger partial charge in [-0.3, -0.25) is 14.1 Å². The van der Waals surface area contributed by atoms with E-state index in [0.717, 1.165) is 12.1 Å². The van der Waals surface area contributed by atoms with Crippen molar-refractivity contribution in [2.24, 2.45) is 0 Å². The van der Waals surface area contributed by atoms with Crippen molar-refractivity contribution in [2.75, 3.05) is 0 Å². The van der Waals surface area contributed by atoms with Gasteiger partial charge in [-0.1, -0.05) is 0 Å². The fourth-order valence-corrected chi connectivity index (χ4v) is 1.76. The van der Waals surface area contributed by atoms with Crippen LogP contribution in [-0.4, -0.2) is 74.3 Å². The van der Waals surface area contributed by atoms with Crippen LogP contribution in [0.25, 0.3) is 11.0 Å². The van der Waals surface area contributed by atoms with Crippen molar-refractivity contribution in [1.82, 2.24) is 9.97 Å². The van der Waals surface area contributed by atoms with Gasteiger partial charge in [-0.25, -0.2) is 0 Å². The van der Waals surface area contributed by atoms with Crippen LogP contribution in [0.5, 0.6) is 0 Å². The molecule has 0 saturated heterocycles. The number of fused-ring (bicyclic) bond motifs is 1. The molecule has 0 saturated carbocycles. The summed E-state index contributed by atoms with van der Waals surface area (Å²) in [5, 5.41) is 0. The maximum atomic E-state index is 11.0. The molecular weight excluding hydrogens is 275 g/mol. The normalized spacial score (nSPS) is 11.1. The molecular formula is C8H7KN2O5S. The van der Waals surface area contributed by atoms with Gasteiger partial charge >= 0.3 is 62.5 Å². The summed E-state index contributed by atoms with van der Waals surface area (Å²) in [7, 11) is -4.33. The molecule has 3 N–H and O–H groups in total. The van der Waals surface area contributed by atoms with Crippen molar-refractivity contribution in [2.45, 2.75) is 4.90 Å².